The lowest BCUT2D eigenvalue weighted by Gasteiger charge is -2.18. The summed E-state index contributed by atoms with van der Waals surface area (Å²) in [7, 11) is 0. The lowest BCUT2D eigenvalue weighted by atomic mass is 10.1. The fraction of sp³-hybridized carbons (Fsp3) is 0.143. The summed E-state index contributed by atoms with van der Waals surface area (Å²) in [5, 5.41) is 11.8. The molecule has 9 heteroatoms. The quantitative estimate of drug-likeness (QED) is 0.372. The Balaban J connectivity index is 1.33. The largest absolute Gasteiger partial charge is 0.482 e. The summed E-state index contributed by atoms with van der Waals surface area (Å²) in [5.74, 6) is 0.578. The van der Waals surface area contributed by atoms with Gasteiger partial charge in [0.2, 0.25) is 0 Å². The predicted molar refractivity (Wildman–Crippen MR) is 112 cm³/mol. The molecule has 1 aliphatic heterocycles. The minimum atomic E-state index is -0.459. The molecule has 1 atom stereocenters. The number of amides is 1. The zero-order valence-corrected chi connectivity index (χ0v) is 16.7. The van der Waals surface area contributed by atoms with Crippen molar-refractivity contribution in [3.05, 3.63) is 54.2 Å². The van der Waals surface area contributed by atoms with Gasteiger partial charge >= 0.3 is 0 Å². The minimum absolute atomic E-state index is 0.0253. The van der Waals surface area contributed by atoms with E-state index in [1.807, 2.05) is 30.5 Å². The number of rotatable bonds is 5. The molecular weight excluding hydrogens is 404 g/mol. The number of carbonyl (C=O) groups excluding carboxylic acids is 2. The number of hydrogen-bond donors (Lipinski definition) is 2. The van der Waals surface area contributed by atoms with E-state index in [0.717, 1.165) is 16.5 Å². The van der Waals surface area contributed by atoms with Crippen LogP contribution in [-0.2, 0) is 4.79 Å². The highest BCUT2D eigenvalue weighted by Gasteiger charge is 2.23. The van der Waals surface area contributed by atoms with Crippen molar-refractivity contribution in [2.45, 2.75) is 17.4 Å². The van der Waals surface area contributed by atoms with Crippen LogP contribution in [0.4, 0.5) is 5.69 Å². The van der Waals surface area contributed by atoms with Crippen LogP contribution in [0.25, 0.3) is 22.4 Å². The number of Topliss-reactive ketones (excluding diaryl/α,β-unsaturated/α-hetero) is 1. The number of ketones is 1. The van der Waals surface area contributed by atoms with Crippen molar-refractivity contribution in [3.63, 3.8) is 0 Å². The van der Waals surface area contributed by atoms with Gasteiger partial charge in [0.1, 0.15) is 5.75 Å². The van der Waals surface area contributed by atoms with Crippen LogP contribution < -0.4 is 10.1 Å². The van der Waals surface area contributed by atoms with Crippen molar-refractivity contribution in [2.24, 2.45) is 0 Å². The first-order valence-corrected chi connectivity index (χ1v) is 10.1. The molecule has 1 amide bonds. The van der Waals surface area contributed by atoms with Crippen LogP contribution in [0.5, 0.6) is 5.75 Å². The highest BCUT2D eigenvalue weighted by atomic mass is 32.2. The Morgan fingerprint density at radius 3 is 2.97 bits per heavy atom. The third-order valence-electron chi connectivity index (χ3n) is 4.77. The average Bonchev–Trinajstić information content (AvgIpc) is 3.39. The fourth-order valence-corrected chi connectivity index (χ4v) is 4.05. The second-order valence-corrected chi connectivity index (χ2v) is 8.09. The van der Waals surface area contributed by atoms with Gasteiger partial charge < -0.3 is 19.5 Å². The van der Waals surface area contributed by atoms with E-state index in [1.165, 1.54) is 11.8 Å². The maximum atomic E-state index is 12.9. The highest BCUT2D eigenvalue weighted by molar-refractivity contribution is 8.00. The molecule has 0 saturated heterocycles. The Hall–Kier alpha value is -3.59. The molecule has 30 heavy (non-hydrogen) atoms. The molecule has 1 aliphatic rings. The SMILES string of the molecule is C[C@H](Sc1nnc(-c2c[nH]c3ccccc23)o1)C(=O)c1ccc2c(c1)NC(=O)CO2. The maximum Gasteiger partial charge on any atom is 0.277 e. The van der Waals surface area contributed by atoms with Crippen LogP contribution in [0.1, 0.15) is 17.3 Å². The molecule has 0 fully saturated rings. The third-order valence-corrected chi connectivity index (χ3v) is 5.70. The van der Waals surface area contributed by atoms with Gasteiger partial charge in [0.05, 0.1) is 16.5 Å². The molecular formula is C21H16N4O4S. The molecule has 0 bridgehead atoms. The number of aromatic amines is 1. The molecule has 150 valence electrons. The van der Waals surface area contributed by atoms with Gasteiger partial charge in [0.25, 0.3) is 17.0 Å². The molecule has 2 N–H and O–H groups in total. The van der Waals surface area contributed by atoms with Crippen molar-refractivity contribution < 1.29 is 18.7 Å². The monoisotopic (exact) mass is 420 g/mol. The van der Waals surface area contributed by atoms with E-state index >= 15 is 0 Å². The molecule has 3 heterocycles. The van der Waals surface area contributed by atoms with E-state index < -0.39 is 5.25 Å². The summed E-state index contributed by atoms with van der Waals surface area (Å²) in [5.41, 5.74) is 2.76. The van der Waals surface area contributed by atoms with E-state index in [9.17, 15) is 9.59 Å². The van der Waals surface area contributed by atoms with Gasteiger partial charge in [0, 0.05) is 22.7 Å². The number of para-hydroxylation sites is 1. The predicted octanol–water partition coefficient (Wildman–Crippen LogP) is 3.91. The lowest BCUT2D eigenvalue weighted by molar-refractivity contribution is -0.118. The first-order chi connectivity index (χ1) is 14.6. The maximum absolute atomic E-state index is 12.9. The summed E-state index contributed by atoms with van der Waals surface area (Å²) >= 11 is 1.19. The Labute approximate surface area is 175 Å². The summed E-state index contributed by atoms with van der Waals surface area (Å²) in [6.07, 6.45) is 1.82. The van der Waals surface area contributed by atoms with E-state index in [0.29, 0.717) is 28.1 Å². The van der Waals surface area contributed by atoms with Crippen molar-refractivity contribution in [1.29, 1.82) is 0 Å². The van der Waals surface area contributed by atoms with Gasteiger partial charge in [-0.25, -0.2) is 0 Å². The van der Waals surface area contributed by atoms with E-state index in [1.54, 1.807) is 25.1 Å². The van der Waals surface area contributed by atoms with Crippen molar-refractivity contribution in [3.8, 4) is 17.2 Å². The van der Waals surface area contributed by atoms with Crippen molar-refractivity contribution in [1.82, 2.24) is 15.2 Å². The lowest BCUT2D eigenvalue weighted by Crippen LogP contribution is -2.25. The Bertz CT molecular complexity index is 1280. The number of carbonyl (C=O) groups is 2. The highest BCUT2D eigenvalue weighted by Crippen LogP contribution is 2.33. The Kier molecular flexibility index (Phi) is 4.51. The Morgan fingerprint density at radius 1 is 1.20 bits per heavy atom. The number of nitrogens with zero attached hydrogens (tertiary/aromatic N) is 2. The number of thioether (sulfide) groups is 1. The number of nitrogens with one attached hydrogen (secondary N) is 2. The number of fused-ring (bicyclic) bond motifs is 2. The zero-order valence-electron chi connectivity index (χ0n) is 15.8. The average molecular weight is 420 g/mol. The number of ether oxygens (including phenoxy) is 1. The molecule has 0 radical (unpaired) electrons. The van der Waals surface area contributed by atoms with Gasteiger partial charge in [-0.15, -0.1) is 10.2 Å². The molecule has 5 rings (SSSR count). The summed E-state index contributed by atoms with van der Waals surface area (Å²) in [4.78, 5) is 27.5. The Morgan fingerprint density at radius 2 is 2.07 bits per heavy atom. The van der Waals surface area contributed by atoms with Crippen LogP contribution in [0.2, 0.25) is 0 Å². The smallest absolute Gasteiger partial charge is 0.277 e. The van der Waals surface area contributed by atoms with E-state index in [-0.39, 0.29) is 18.3 Å². The number of benzene rings is 2. The van der Waals surface area contributed by atoms with Gasteiger partial charge in [0.15, 0.2) is 12.4 Å². The first kappa shape index (κ1) is 18.4. The topological polar surface area (TPSA) is 110 Å². The number of anilines is 1. The molecule has 0 saturated carbocycles. The molecule has 4 aromatic rings. The van der Waals surface area contributed by atoms with Gasteiger partial charge in [-0.05, 0) is 31.2 Å². The molecule has 0 aliphatic carbocycles. The number of hydrogen-bond acceptors (Lipinski definition) is 7. The van der Waals surface area contributed by atoms with E-state index in [4.69, 9.17) is 9.15 Å². The van der Waals surface area contributed by atoms with Crippen LogP contribution >= 0.6 is 11.8 Å². The molecule has 8 nitrogen and oxygen atoms in total. The molecule has 0 spiro atoms. The second kappa shape index (κ2) is 7.34. The third kappa shape index (κ3) is 3.33. The van der Waals surface area contributed by atoms with Crippen molar-refractivity contribution >= 4 is 40.0 Å². The zero-order chi connectivity index (χ0) is 20.7. The number of aromatic nitrogens is 3. The summed E-state index contributed by atoms with van der Waals surface area (Å²) in [6, 6.07) is 12.8. The van der Waals surface area contributed by atoms with Gasteiger partial charge in [-0.1, -0.05) is 30.0 Å². The first-order valence-electron chi connectivity index (χ1n) is 9.26. The normalized spacial score (nSPS) is 14.1. The summed E-state index contributed by atoms with van der Waals surface area (Å²) in [6.45, 7) is 1.75. The van der Waals surface area contributed by atoms with Gasteiger partial charge in [-0.2, -0.15) is 0 Å². The summed E-state index contributed by atoms with van der Waals surface area (Å²) < 4.78 is 11.1. The van der Waals surface area contributed by atoms with Crippen LogP contribution in [-0.4, -0.2) is 38.7 Å². The fourth-order valence-electron chi connectivity index (χ4n) is 3.29. The second-order valence-electron chi connectivity index (χ2n) is 6.79. The van der Waals surface area contributed by atoms with Crippen LogP contribution in [0.15, 0.2) is 58.3 Å². The van der Waals surface area contributed by atoms with Crippen molar-refractivity contribution in [2.75, 3.05) is 11.9 Å². The van der Waals surface area contributed by atoms with Crippen LogP contribution in [0.3, 0.4) is 0 Å². The standard InChI is InChI=1S/C21H16N4O4S/c1-11(19(27)12-6-7-17-16(8-12)23-18(26)10-28-17)30-21-25-24-20(29-21)14-9-22-15-5-3-2-4-13(14)15/h2-9,11,22H,10H2,1H3,(H,23,26)/t11-/m0/s1. The molecule has 2 aromatic heterocycles. The van der Waals surface area contributed by atoms with Crippen LogP contribution in [0, 0.1) is 0 Å². The molecule has 2 aromatic carbocycles. The molecule has 0 unspecified atom stereocenters. The van der Waals surface area contributed by atoms with Gasteiger partial charge in [-0.3, -0.25) is 9.59 Å². The number of H-pyrrole nitrogens is 1. The van der Waals surface area contributed by atoms with E-state index in [2.05, 4.69) is 20.5 Å². The minimum Gasteiger partial charge on any atom is -0.482 e.